The van der Waals surface area contributed by atoms with Gasteiger partial charge in [0.15, 0.2) is 6.29 Å². The first-order valence-corrected chi connectivity index (χ1v) is 19.7. The summed E-state index contributed by atoms with van der Waals surface area (Å²) >= 11 is 0. The Balaban J connectivity index is 2.54. The lowest BCUT2D eigenvalue weighted by Gasteiger charge is -2.40. The van der Waals surface area contributed by atoms with Gasteiger partial charge in [0, 0.05) is 0 Å². The number of aliphatic hydroxyl groups excluding tert-OH is 7. The molecule has 0 aromatic heterocycles. The SMILES string of the molecule is CCCCC/C=C/CCCC(O)C(O)C(COC1OC(CO)C(O)C(O)C1O)NC(=O)C(O)CCCCCC/C=C\CCCCCCCCC. The first-order chi connectivity index (χ1) is 24.2. The minimum Gasteiger partial charge on any atom is -0.394 e. The lowest BCUT2D eigenvalue weighted by Crippen LogP contribution is -2.60. The fraction of sp³-hybridized carbons (Fsp3) is 0.872. The first kappa shape index (κ1) is 46.6. The van der Waals surface area contributed by atoms with Crippen LogP contribution in [0.3, 0.4) is 0 Å². The van der Waals surface area contributed by atoms with Crippen LogP contribution in [-0.4, -0.2) is 110 Å². The maximum absolute atomic E-state index is 13.0. The summed E-state index contributed by atoms with van der Waals surface area (Å²) < 4.78 is 11.0. The Morgan fingerprint density at radius 3 is 1.76 bits per heavy atom. The third-order valence-corrected chi connectivity index (χ3v) is 9.48. The van der Waals surface area contributed by atoms with Crippen molar-refractivity contribution in [1.29, 1.82) is 0 Å². The number of aliphatic hydroxyl groups is 7. The summed E-state index contributed by atoms with van der Waals surface area (Å²) in [5.41, 5.74) is 0. The highest BCUT2D eigenvalue weighted by Crippen LogP contribution is 2.23. The van der Waals surface area contributed by atoms with Crippen molar-refractivity contribution in [3.8, 4) is 0 Å². The van der Waals surface area contributed by atoms with Crippen molar-refractivity contribution in [2.75, 3.05) is 13.2 Å². The summed E-state index contributed by atoms with van der Waals surface area (Å²) in [5.74, 6) is -0.720. The van der Waals surface area contributed by atoms with Crippen molar-refractivity contribution >= 4 is 5.91 Å². The molecule has 0 radical (unpaired) electrons. The fourth-order valence-electron chi connectivity index (χ4n) is 6.08. The highest BCUT2D eigenvalue weighted by atomic mass is 16.7. The minimum atomic E-state index is -1.67. The summed E-state index contributed by atoms with van der Waals surface area (Å²) in [7, 11) is 0. The Kier molecular flexibility index (Phi) is 28.1. The predicted octanol–water partition coefficient (Wildman–Crippen LogP) is 4.71. The average Bonchev–Trinajstić information content (AvgIpc) is 3.11. The van der Waals surface area contributed by atoms with E-state index in [4.69, 9.17) is 9.47 Å². The van der Waals surface area contributed by atoms with E-state index < -0.39 is 74.2 Å². The van der Waals surface area contributed by atoms with Crippen LogP contribution in [0.1, 0.15) is 149 Å². The van der Waals surface area contributed by atoms with Crippen molar-refractivity contribution < 1.29 is 50.0 Å². The van der Waals surface area contributed by atoms with Crippen LogP contribution < -0.4 is 5.32 Å². The van der Waals surface area contributed by atoms with Gasteiger partial charge in [-0.2, -0.15) is 0 Å². The molecule has 9 unspecified atom stereocenters. The second-order valence-electron chi connectivity index (χ2n) is 14.0. The van der Waals surface area contributed by atoms with Gasteiger partial charge in [0.2, 0.25) is 5.91 Å². The smallest absolute Gasteiger partial charge is 0.249 e. The second kappa shape index (κ2) is 30.1. The van der Waals surface area contributed by atoms with E-state index in [2.05, 4.69) is 43.5 Å². The summed E-state index contributed by atoms with van der Waals surface area (Å²) in [4.78, 5) is 13.0. The van der Waals surface area contributed by atoms with Crippen LogP contribution in [0, 0.1) is 0 Å². The number of allylic oxidation sites excluding steroid dienone is 4. The second-order valence-corrected chi connectivity index (χ2v) is 14.0. The Hall–Kier alpha value is -1.41. The average molecular weight is 716 g/mol. The largest absolute Gasteiger partial charge is 0.394 e. The molecule has 0 spiro atoms. The zero-order valence-corrected chi connectivity index (χ0v) is 31.1. The molecule has 11 nitrogen and oxygen atoms in total. The summed E-state index contributed by atoms with van der Waals surface area (Å²) in [5, 5.41) is 75.0. The zero-order chi connectivity index (χ0) is 37.0. The maximum atomic E-state index is 13.0. The van der Waals surface area contributed by atoms with Gasteiger partial charge in [-0.3, -0.25) is 4.79 Å². The normalized spacial score (nSPS) is 23.7. The number of unbranched alkanes of at least 4 members (excludes halogenated alkanes) is 15. The van der Waals surface area contributed by atoms with Crippen LogP contribution in [0.5, 0.6) is 0 Å². The van der Waals surface area contributed by atoms with E-state index in [1.165, 1.54) is 51.4 Å². The topological polar surface area (TPSA) is 189 Å². The van der Waals surface area contributed by atoms with Gasteiger partial charge in [-0.05, 0) is 64.2 Å². The number of hydrogen-bond donors (Lipinski definition) is 8. The molecule has 11 heteroatoms. The van der Waals surface area contributed by atoms with Crippen LogP contribution in [0.15, 0.2) is 24.3 Å². The molecule has 1 amide bonds. The van der Waals surface area contributed by atoms with Crippen LogP contribution in [0.25, 0.3) is 0 Å². The van der Waals surface area contributed by atoms with E-state index in [0.29, 0.717) is 12.8 Å². The number of amides is 1. The van der Waals surface area contributed by atoms with Crippen molar-refractivity contribution in [3.63, 3.8) is 0 Å². The highest BCUT2D eigenvalue weighted by molar-refractivity contribution is 5.80. The molecule has 0 aliphatic carbocycles. The molecule has 1 heterocycles. The quantitative estimate of drug-likeness (QED) is 0.0369. The number of hydrogen-bond acceptors (Lipinski definition) is 10. The Morgan fingerprint density at radius 1 is 0.680 bits per heavy atom. The van der Waals surface area contributed by atoms with Crippen LogP contribution in [0.4, 0.5) is 0 Å². The molecule has 0 aromatic rings. The third kappa shape index (κ3) is 20.6. The molecule has 1 fully saturated rings. The molecule has 1 aliphatic heterocycles. The molecule has 9 atom stereocenters. The maximum Gasteiger partial charge on any atom is 0.249 e. The van der Waals surface area contributed by atoms with Crippen LogP contribution in [-0.2, 0) is 14.3 Å². The van der Waals surface area contributed by atoms with Gasteiger partial charge in [-0.1, -0.05) is 109 Å². The Morgan fingerprint density at radius 2 is 1.18 bits per heavy atom. The zero-order valence-electron chi connectivity index (χ0n) is 31.1. The van der Waals surface area contributed by atoms with Crippen molar-refractivity contribution in [2.24, 2.45) is 0 Å². The number of carbonyl (C=O) groups excluding carboxylic acids is 1. The highest BCUT2D eigenvalue weighted by Gasteiger charge is 2.44. The van der Waals surface area contributed by atoms with E-state index in [1.54, 1.807) is 0 Å². The van der Waals surface area contributed by atoms with Crippen molar-refractivity contribution in [2.45, 2.75) is 204 Å². The van der Waals surface area contributed by atoms with E-state index in [-0.39, 0.29) is 12.8 Å². The molecule has 1 aliphatic rings. The summed E-state index contributed by atoms with van der Waals surface area (Å²) in [6.45, 7) is 3.31. The van der Waals surface area contributed by atoms with Crippen molar-refractivity contribution in [3.05, 3.63) is 24.3 Å². The molecule has 0 bridgehead atoms. The van der Waals surface area contributed by atoms with E-state index in [1.807, 2.05) is 0 Å². The molecule has 0 aromatic carbocycles. The molecule has 294 valence electrons. The first-order valence-electron chi connectivity index (χ1n) is 19.7. The fourth-order valence-corrected chi connectivity index (χ4v) is 6.08. The van der Waals surface area contributed by atoms with Gasteiger partial charge in [0.1, 0.15) is 36.6 Å². The van der Waals surface area contributed by atoms with Crippen molar-refractivity contribution in [1.82, 2.24) is 5.32 Å². The number of ether oxygens (including phenoxy) is 2. The van der Waals surface area contributed by atoms with Gasteiger partial charge >= 0.3 is 0 Å². The van der Waals surface area contributed by atoms with E-state index in [0.717, 1.165) is 57.8 Å². The molecular weight excluding hydrogens is 642 g/mol. The van der Waals surface area contributed by atoms with Gasteiger partial charge in [0.05, 0.1) is 25.4 Å². The van der Waals surface area contributed by atoms with E-state index >= 15 is 0 Å². The monoisotopic (exact) mass is 716 g/mol. The molecule has 0 saturated carbocycles. The number of carbonyl (C=O) groups is 1. The molecule has 8 N–H and O–H groups in total. The third-order valence-electron chi connectivity index (χ3n) is 9.48. The Labute approximate surface area is 302 Å². The Bertz CT molecular complexity index is 872. The molecule has 50 heavy (non-hydrogen) atoms. The standard InChI is InChI=1S/C39H73NO10/c1-3-5-7-9-11-13-14-15-16-17-18-19-21-23-25-27-32(43)38(48)40-30(29-49-39-37(47)36(46)35(45)33(28-41)50-39)34(44)31(42)26-24-22-20-12-10-8-6-4-2/h12,16-17,20,30-37,39,41-47H,3-11,13-15,18-19,21-29H2,1-2H3,(H,40,48)/b17-16-,20-12+. The lowest BCUT2D eigenvalue weighted by atomic mass is 9.98. The van der Waals surface area contributed by atoms with Crippen LogP contribution >= 0.6 is 0 Å². The van der Waals surface area contributed by atoms with Gasteiger partial charge < -0.3 is 50.5 Å². The molecule has 1 rings (SSSR count). The predicted molar refractivity (Wildman–Crippen MR) is 196 cm³/mol. The summed E-state index contributed by atoms with van der Waals surface area (Å²) in [6, 6.07) is -1.18. The molecule has 1 saturated heterocycles. The summed E-state index contributed by atoms with van der Waals surface area (Å²) in [6.07, 6.45) is 18.3. The number of rotatable bonds is 31. The van der Waals surface area contributed by atoms with E-state index in [9.17, 15) is 40.5 Å². The number of nitrogens with one attached hydrogen (secondary N) is 1. The lowest BCUT2D eigenvalue weighted by molar-refractivity contribution is -0.303. The minimum absolute atomic E-state index is 0.240. The van der Waals surface area contributed by atoms with Gasteiger partial charge in [-0.25, -0.2) is 0 Å². The van der Waals surface area contributed by atoms with Gasteiger partial charge in [-0.15, -0.1) is 0 Å². The van der Waals surface area contributed by atoms with Crippen LogP contribution in [0.2, 0.25) is 0 Å². The van der Waals surface area contributed by atoms with Gasteiger partial charge in [0.25, 0.3) is 0 Å². The molecular formula is C39H73NO10.